The van der Waals surface area contributed by atoms with E-state index in [0.29, 0.717) is 16.9 Å². The molecule has 0 aliphatic rings. The molecule has 2 aromatic rings. The smallest absolute Gasteiger partial charge is 0.192 e. The third-order valence-corrected chi connectivity index (χ3v) is 7.29. The maximum atomic E-state index is 13.2. The van der Waals surface area contributed by atoms with Crippen molar-refractivity contribution in [3.05, 3.63) is 53.6 Å². The summed E-state index contributed by atoms with van der Waals surface area (Å²) in [5.74, 6) is 0.541. The molecule has 0 fully saturated rings. The first-order valence-electron chi connectivity index (χ1n) is 11.3. The Bertz CT molecular complexity index is 1000. The number of benzene rings is 2. The first-order valence-corrected chi connectivity index (χ1v) is 17.5. The summed E-state index contributed by atoms with van der Waals surface area (Å²) in [6.07, 6.45) is 0. The molecule has 0 heterocycles. The van der Waals surface area contributed by atoms with Crippen LogP contribution in [-0.2, 0) is 8.85 Å². The Hall–Kier alpha value is -2.07. The zero-order valence-electron chi connectivity index (χ0n) is 21.7. The maximum Gasteiger partial charge on any atom is 0.192 e. The third-order valence-electron chi connectivity index (χ3n) is 5.11. The summed E-state index contributed by atoms with van der Waals surface area (Å²) in [6.45, 7) is 17.6. The molecular formula is C26H38O5Si2. The Morgan fingerprint density at radius 3 is 1.82 bits per heavy atom. The first-order chi connectivity index (χ1) is 15.1. The van der Waals surface area contributed by atoms with Crippen molar-refractivity contribution >= 4 is 28.9 Å². The molecule has 0 unspecified atom stereocenters. The summed E-state index contributed by atoms with van der Waals surface area (Å²) in [7, 11) is -1.67. The minimum atomic E-state index is -1.88. The van der Waals surface area contributed by atoms with E-state index < -0.39 is 28.6 Å². The molecule has 0 saturated carbocycles. The van der Waals surface area contributed by atoms with Gasteiger partial charge in [0.2, 0.25) is 0 Å². The molecule has 180 valence electrons. The molecule has 0 aliphatic carbocycles. The second-order valence-corrected chi connectivity index (χ2v) is 17.3. The number of methoxy groups -OCH3 is 1. The average molecular weight is 487 g/mol. The summed E-state index contributed by atoms with van der Waals surface area (Å²) in [4.78, 5) is 26.2. The molecule has 2 rings (SSSR count). The van der Waals surface area contributed by atoms with Crippen LogP contribution < -0.4 is 4.74 Å². The number of carbonyl (C=O) groups is 2. The van der Waals surface area contributed by atoms with Crippen LogP contribution in [0.1, 0.15) is 48.4 Å². The highest BCUT2D eigenvalue weighted by Gasteiger charge is 2.35. The van der Waals surface area contributed by atoms with Crippen LogP contribution in [0.25, 0.3) is 11.1 Å². The van der Waals surface area contributed by atoms with Gasteiger partial charge in [0.05, 0.1) is 7.11 Å². The zero-order chi connectivity index (χ0) is 25.2. The normalized spacial score (nSPS) is 12.7. The van der Waals surface area contributed by atoms with Gasteiger partial charge in [-0.25, -0.2) is 0 Å². The fraction of sp³-hybridized carbons (Fsp3) is 0.462. The molecule has 0 aliphatic heterocycles. The molecule has 0 radical (unpaired) electrons. The van der Waals surface area contributed by atoms with Crippen LogP contribution in [0, 0.1) is 0 Å². The van der Waals surface area contributed by atoms with Gasteiger partial charge in [-0.15, -0.1) is 0 Å². The second kappa shape index (κ2) is 10.1. The van der Waals surface area contributed by atoms with Gasteiger partial charge in [0.15, 0.2) is 28.9 Å². The monoisotopic (exact) mass is 486 g/mol. The van der Waals surface area contributed by atoms with Crippen molar-refractivity contribution in [2.75, 3.05) is 7.11 Å². The van der Waals surface area contributed by atoms with Gasteiger partial charge in [0.1, 0.15) is 17.0 Å². The van der Waals surface area contributed by atoms with Crippen molar-refractivity contribution in [1.82, 2.24) is 0 Å². The average Bonchev–Trinajstić information content (AvgIpc) is 2.69. The Morgan fingerprint density at radius 2 is 1.33 bits per heavy atom. The molecule has 0 amide bonds. The van der Waals surface area contributed by atoms with Crippen LogP contribution >= 0.6 is 0 Å². The van der Waals surface area contributed by atoms with Crippen molar-refractivity contribution < 1.29 is 23.2 Å². The van der Waals surface area contributed by atoms with E-state index in [1.165, 1.54) is 0 Å². The fourth-order valence-corrected chi connectivity index (χ4v) is 6.93. The molecule has 5 nitrogen and oxygen atoms in total. The number of hydrogen-bond acceptors (Lipinski definition) is 5. The largest absolute Gasteiger partial charge is 0.496 e. The van der Waals surface area contributed by atoms with Crippen molar-refractivity contribution in [1.29, 1.82) is 0 Å². The minimum absolute atomic E-state index is 0.0517. The van der Waals surface area contributed by atoms with Crippen LogP contribution in [0.2, 0.25) is 32.7 Å². The van der Waals surface area contributed by atoms with Crippen molar-refractivity contribution in [2.24, 2.45) is 0 Å². The number of ether oxygens (including phenoxy) is 1. The van der Waals surface area contributed by atoms with Crippen molar-refractivity contribution in [3.63, 3.8) is 0 Å². The molecule has 33 heavy (non-hydrogen) atoms. The van der Waals surface area contributed by atoms with Gasteiger partial charge in [-0.1, -0.05) is 24.3 Å². The van der Waals surface area contributed by atoms with Gasteiger partial charge in [0.25, 0.3) is 0 Å². The number of carbonyl (C=O) groups excluding carboxylic acids is 2. The zero-order valence-corrected chi connectivity index (χ0v) is 23.8. The predicted octanol–water partition coefficient (Wildman–Crippen LogP) is 6.14. The molecule has 0 aromatic heterocycles. The van der Waals surface area contributed by atoms with E-state index in [9.17, 15) is 9.59 Å². The summed E-state index contributed by atoms with van der Waals surface area (Å²) < 4.78 is 17.6. The molecule has 0 N–H and O–H groups in total. The molecule has 0 bridgehead atoms. The minimum Gasteiger partial charge on any atom is -0.496 e. The van der Waals surface area contributed by atoms with E-state index in [1.54, 1.807) is 31.4 Å². The van der Waals surface area contributed by atoms with E-state index in [2.05, 4.69) is 19.6 Å². The van der Waals surface area contributed by atoms with Gasteiger partial charge < -0.3 is 13.6 Å². The lowest BCUT2D eigenvalue weighted by Gasteiger charge is -2.31. The standard InChI is InChI=1S/C26H38O5Si2/c1-25(2,30-32(6)7)24(28)20-15-16-22(29-5)21(17-20)18-11-13-19(14-12-18)23(27)26(3,4)31-33(8,9)10/h11-17,32H,1-10H3. The molecule has 2 aromatic carbocycles. The lowest BCUT2D eigenvalue weighted by Crippen LogP contribution is -2.44. The van der Waals surface area contributed by atoms with E-state index in [1.807, 2.05) is 59.0 Å². The number of Topliss-reactive ketones (excluding diaryl/α,β-unsaturated/α-hetero) is 2. The van der Waals surface area contributed by atoms with Gasteiger partial charge in [0, 0.05) is 16.7 Å². The Morgan fingerprint density at radius 1 is 0.818 bits per heavy atom. The highest BCUT2D eigenvalue weighted by molar-refractivity contribution is 6.70. The quantitative estimate of drug-likeness (QED) is 0.298. The van der Waals surface area contributed by atoms with Crippen molar-refractivity contribution in [2.45, 2.75) is 71.6 Å². The Kier molecular flexibility index (Phi) is 8.28. The second-order valence-electron chi connectivity index (χ2n) is 10.6. The van der Waals surface area contributed by atoms with E-state index in [-0.39, 0.29) is 11.6 Å². The fourth-order valence-electron chi connectivity index (χ4n) is 4.03. The summed E-state index contributed by atoms with van der Waals surface area (Å²) >= 11 is 0. The predicted molar refractivity (Wildman–Crippen MR) is 140 cm³/mol. The maximum absolute atomic E-state index is 13.2. The molecule has 0 atom stereocenters. The lowest BCUT2D eigenvalue weighted by molar-refractivity contribution is 0.0558. The lowest BCUT2D eigenvalue weighted by atomic mass is 9.92. The molecule has 0 saturated heterocycles. The highest BCUT2D eigenvalue weighted by Crippen LogP contribution is 2.33. The molecule has 0 spiro atoms. The molecular weight excluding hydrogens is 448 g/mol. The highest BCUT2D eigenvalue weighted by atomic mass is 28.4. The summed E-state index contributed by atoms with van der Waals surface area (Å²) in [5, 5.41) is 0. The van der Waals surface area contributed by atoms with Crippen LogP contribution in [0.4, 0.5) is 0 Å². The van der Waals surface area contributed by atoms with Gasteiger partial charge >= 0.3 is 0 Å². The van der Waals surface area contributed by atoms with Gasteiger partial charge in [-0.05, 0) is 84.2 Å². The van der Waals surface area contributed by atoms with Gasteiger partial charge in [-0.2, -0.15) is 0 Å². The first kappa shape index (κ1) is 27.2. The van der Waals surface area contributed by atoms with Crippen LogP contribution in [0.15, 0.2) is 42.5 Å². The van der Waals surface area contributed by atoms with Crippen LogP contribution in [0.5, 0.6) is 5.75 Å². The van der Waals surface area contributed by atoms with Crippen molar-refractivity contribution in [3.8, 4) is 16.9 Å². The Labute approximate surface area is 201 Å². The van der Waals surface area contributed by atoms with Gasteiger partial charge in [-0.3, -0.25) is 9.59 Å². The van der Waals surface area contributed by atoms with E-state index in [4.69, 9.17) is 13.6 Å². The van der Waals surface area contributed by atoms with E-state index in [0.717, 1.165) is 11.1 Å². The number of ketones is 2. The molecule has 7 heteroatoms. The van der Waals surface area contributed by atoms with E-state index >= 15 is 0 Å². The number of hydrogen-bond donors (Lipinski definition) is 0. The summed E-state index contributed by atoms with van der Waals surface area (Å²) in [5.41, 5.74) is 1.03. The third kappa shape index (κ3) is 6.96. The number of rotatable bonds is 10. The Balaban J connectivity index is 2.40. The topological polar surface area (TPSA) is 61.8 Å². The SMILES string of the molecule is COc1ccc(C(=O)C(C)(C)O[SiH](C)C)cc1-c1ccc(C(=O)C(C)(C)O[Si](C)(C)C)cc1. The summed E-state index contributed by atoms with van der Waals surface area (Å²) in [6, 6.07) is 12.8. The van der Waals surface area contributed by atoms with Crippen LogP contribution in [0.3, 0.4) is 0 Å². The van der Waals surface area contributed by atoms with Crippen LogP contribution in [-0.4, -0.2) is 47.2 Å².